The van der Waals surface area contributed by atoms with Crippen molar-refractivity contribution in [1.82, 2.24) is 21.3 Å². The number of hydrogen-bond donors (Lipinski definition) is 5. The third kappa shape index (κ3) is 25.9. The monoisotopic (exact) mass is 1020 g/mol. The highest BCUT2D eigenvalue weighted by Crippen LogP contribution is 2.29. The molecule has 4 saturated heterocycles. The number of aliphatic carboxylic acids is 1. The Hall–Kier alpha value is -4.10. The first kappa shape index (κ1) is 61.2. The molecule has 4 rings (SSSR count). The highest BCUT2D eigenvalue weighted by Gasteiger charge is 2.38. The van der Waals surface area contributed by atoms with Crippen LogP contribution in [-0.2, 0) is 66.4 Å². The van der Waals surface area contributed by atoms with Crippen LogP contribution in [0.3, 0.4) is 0 Å². The van der Waals surface area contributed by atoms with Crippen LogP contribution in [0.5, 0.6) is 0 Å². The van der Waals surface area contributed by atoms with Gasteiger partial charge >= 0.3 is 30.3 Å². The summed E-state index contributed by atoms with van der Waals surface area (Å²) in [6, 6.07) is -1.74. The average Bonchev–Trinajstić information content (AvgIpc) is 4.06. The molecule has 0 aliphatic carbocycles. The van der Waals surface area contributed by atoms with Crippen LogP contribution in [0.25, 0.3) is 0 Å². The number of carbonyl (C=O) groups excluding carboxylic acids is 5. The topological polar surface area (TPSA) is 282 Å². The summed E-state index contributed by atoms with van der Waals surface area (Å²) in [5.74, 6) is -3.70. The fourth-order valence-corrected chi connectivity index (χ4v) is 7.64. The van der Waals surface area contributed by atoms with Gasteiger partial charge in [0.05, 0.1) is 83.3 Å². The Balaban J connectivity index is 0.000000375. The molecule has 0 saturated carbocycles. The maximum absolute atomic E-state index is 12.1. The summed E-state index contributed by atoms with van der Waals surface area (Å²) in [7, 11) is 0. The van der Waals surface area contributed by atoms with Crippen molar-refractivity contribution in [2.45, 2.75) is 193 Å². The number of hydrogen-bond acceptors (Lipinski definition) is 18. The summed E-state index contributed by atoms with van der Waals surface area (Å²) in [4.78, 5) is 70.4. The second-order valence-electron chi connectivity index (χ2n) is 20.1. The van der Waals surface area contributed by atoms with Gasteiger partial charge in [0, 0.05) is 24.9 Å². The van der Waals surface area contributed by atoms with Gasteiger partial charge in [-0.15, -0.1) is 0 Å². The molecule has 4 amide bonds. The van der Waals surface area contributed by atoms with Crippen LogP contribution < -0.4 is 21.3 Å². The lowest BCUT2D eigenvalue weighted by Gasteiger charge is -2.21. The molecule has 410 valence electrons. The minimum absolute atomic E-state index is 0.00598. The van der Waals surface area contributed by atoms with E-state index in [4.69, 9.17) is 56.8 Å². The van der Waals surface area contributed by atoms with Gasteiger partial charge in [-0.1, -0.05) is 13.8 Å². The van der Waals surface area contributed by atoms with Gasteiger partial charge in [0.25, 0.3) is 0 Å². The van der Waals surface area contributed by atoms with Crippen molar-refractivity contribution in [3.05, 3.63) is 0 Å². The van der Waals surface area contributed by atoms with Gasteiger partial charge in [-0.25, -0.2) is 24.0 Å². The predicted molar refractivity (Wildman–Crippen MR) is 253 cm³/mol. The molecule has 0 aromatic carbocycles. The Morgan fingerprint density at radius 2 is 0.958 bits per heavy atom. The normalized spacial score (nSPS) is 24.2. The molecule has 23 heteroatoms. The number of carbonyl (C=O) groups is 6. The number of aldehydes is 1. The molecule has 71 heavy (non-hydrogen) atoms. The lowest BCUT2D eigenvalue weighted by atomic mass is 10.1. The zero-order chi connectivity index (χ0) is 52.7. The minimum Gasteiger partial charge on any atom is -0.480 e. The number of unbranched alkanes of at least 4 members (excludes halogenated alkanes) is 2. The van der Waals surface area contributed by atoms with Crippen LogP contribution in [-0.4, -0.2) is 167 Å². The Kier molecular flexibility index (Phi) is 26.0. The molecule has 4 heterocycles. The highest BCUT2D eigenvalue weighted by molar-refractivity contribution is 5.79. The summed E-state index contributed by atoms with van der Waals surface area (Å²) in [5.41, 5.74) is 0. The summed E-state index contributed by atoms with van der Waals surface area (Å²) in [5, 5.41) is 19.6. The van der Waals surface area contributed by atoms with Crippen LogP contribution in [0.15, 0.2) is 0 Å². The summed E-state index contributed by atoms with van der Waals surface area (Å²) in [6.45, 7) is 22.1. The minimum atomic E-state index is -1.15. The molecule has 4 fully saturated rings. The van der Waals surface area contributed by atoms with Crippen molar-refractivity contribution in [3.63, 3.8) is 0 Å². The highest BCUT2D eigenvalue weighted by atomic mass is 16.8. The lowest BCUT2D eigenvalue weighted by Crippen LogP contribution is -2.42. The zero-order valence-corrected chi connectivity index (χ0v) is 43.6. The maximum Gasteiger partial charge on any atom is 0.407 e. The molecule has 23 nitrogen and oxygen atoms in total. The number of alkyl carbamates (subject to hydrolysis) is 4. The van der Waals surface area contributed by atoms with Crippen molar-refractivity contribution in [1.29, 1.82) is 0 Å². The van der Waals surface area contributed by atoms with E-state index in [0.717, 1.165) is 12.8 Å². The van der Waals surface area contributed by atoms with Crippen LogP contribution >= 0.6 is 0 Å². The van der Waals surface area contributed by atoms with Crippen LogP contribution in [0.1, 0.15) is 133 Å². The quantitative estimate of drug-likeness (QED) is 0.0358. The number of carboxylic acids is 1. The zero-order valence-electron chi connectivity index (χ0n) is 43.6. The van der Waals surface area contributed by atoms with Crippen LogP contribution in [0.4, 0.5) is 19.2 Å². The van der Waals surface area contributed by atoms with Gasteiger partial charge in [-0.2, -0.15) is 0 Å². The van der Waals surface area contributed by atoms with Crippen molar-refractivity contribution in [2.75, 3.05) is 65.9 Å². The van der Waals surface area contributed by atoms with Crippen LogP contribution in [0, 0.1) is 11.8 Å². The molecule has 0 bridgehead atoms. The molecule has 0 aromatic heterocycles. The first-order chi connectivity index (χ1) is 33.4. The number of carboxylic acid groups (broad SMARTS) is 1. The number of rotatable bonds is 28. The number of ether oxygens (including phenoxy) is 12. The molecule has 4 aliphatic rings. The van der Waals surface area contributed by atoms with E-state index in [1.165, 1.54) is 0 Å². The van der Waals surface area contributed by atoms with Gasteiger partial charge in [-0.05, 0) is 120 Å². The van der Waals surface area contributed by atoms with E-state index in [9.17, 15) is 33.9 Å². The van der Waals surface area contributed by atoms with E-state index < -0.39 is 65.6 Å². The van der Waals surface area contributed by atoms with Gasteiger partial charge in [0.15, 0.2) is 23.1 Å². The molecule has 5 N–H and O–H groups in total. The predicted octanol–water partition coefficient (Wildman–Crippen LogP) is 5.68. The number of nitrogens with one attached hydrogen (secondary N) is 4. The van der Waals surface area contributed by atoms with Gasteiger partial charge in [0.1, 0.15) is 12.3 Å². The second kappa shape index (κ2) is 30.2. The fraction of sp³-hybridized carbons (Fsp3) is 0.875. The third-order valence-electron chi connectivity index (χ3n) is 11.7. The van der Waals surface area contributed by atoms with E-state index in [1.807, 2.05) is 69.2 Å². The molecular formula is C48H84N4O19. The van der Waals surface area contributed by atoms with Gasteiger partial charge in [0.2, 0.25) is 0 Å². The fourth-order valence-electron chi connectivity index (χ4n) is 7.64. The largest absolute Gasteiger partial charge is 0.480 e. The molecule has 0 aromatic rings. The van der Waals surface area contributed by atoms with E-state index in [-0.39, 0.29) is 62.5 Å². The van der Waals surface area contributed by atoms with Gasteiger partial charge in [-0.3, -0.25) is 0 Å². The van der Waals surface area contributed by atoms with Crippen LogP contribution in [0.2, 0.25) is 0 Å². The molecule has 8 atom stereocenters. The van der Waals surface area contributed by atoms with Crippen molar-refractivity contribution < 1.29 is 90.7 Å². The Morgan fingerprint density at radius 1 is 0.549 bits per heavy atom. The first-order valence-corrected chi connectivity index (χ1v) is 25.0. The molecule has 0 radical (unpaired) electrons. The first-order valence-electron chi connectivity index (χ1n) is 25.0. The van der Waals surface area contributed by atoms with E-state index in [2.05, 4.69) is 21.3 Å². The SMILES string of the molecule is CC(COC(=O)NC(C=O)CCCCNC(=O)OCCCC1COC(C)(C)O1)C1COC(C)(C)O1.CC(COC(=O)NC(CCCCNC(=O)OCCCC1COC(C)(C)O1)C(=O)O)C1COC(C)(C)O1. The summed E-state index contributed by atoms with van der Waals surface area (Å²) in [6.07, 6.45) is 3.71. The van der Waals surface area contributed by atoms with Crippen molar-refractivity contribution in [2.24, 2.45) is 11.8 Å². The summed E-state index contributed by atoms with van der Waals surface area (Å²) < 4.78 is 65.6. The average molecular weight is 1020 g/mol. The molecule has 0 spiro atoms. The molecular weight excluding hydrogens is 937 g/mol. The lowest BCUT2D eigenvalue weighted by molar-refractivity contribution is -0.145. The van der Waals surface area contributed by atoms with Gasteiger partial charge < -0.3 is 88.0 Å². The second-order valence-corrected chi connectivity index (χ2v) is 20.1. The van der Waals surface area contributed by atoms with Crippen molar-refractivity contribution >= 4 is 36.6 Å². The summed E-state index contributed by atoms with van der Waals surface area (Å²) >= 11 is 0. The maximum atomic E-state index is 12.1. The Bertz CT molecular complexity index is 1650. The standard InChI is InChI=1S/C24H42N2O10.C24H42N2O9/c1-16(19-15-34-24(4,5)36-19)13-32-22(30)26-18(20(27)28)10-6-7-11-25-21(29)31-12-8-9-17-14-33-23(2,3)35-17;1-17(20-16-33-24(4,5)35-20)14-31-22(29)26-18(13-27)9-6-7-11-25-21(28)30-12-8-10-19-15-32-23(2,3)34-19/h16-19H,6-15H2,1-5H3,(H,25,29)(H,26,30)(H,27,28);13,17-20H,6-12,14-16H2,1-5H3,(H,25,28)(H,26,29). The number of amides is 4. The Morgan fingerprint density at radius 3 is 1.34 bits per heavy atom. The molecule has 4 aliphatic heterocycles. The van der Waals surface area contributed by atoms with E-state index in [0.29, 0.717) is 97.4 Å². The van der Waals surface area contributed by atoms with Crippen molar-refractivity contribution in [3.8, 4) is 0 Å². The van der Waals surface area contributed by atoms with E-state index in [1.54, 1.807) is 0 Å². The Labute approximate surface area is 418 Å². The smallest absolute Gasteiger partial charge is 0.407 e. The van der Waals surface area contributed by atoms with E-state index >= 15 is 0 Å². The third-order valence-corrected chi connectivity index (χ3v) is 11.7. The molecule has 8 unspecified atom stereocenters.